The molecular weight excluding hydrogens is 484 g/mol. The largest absolute Gasteiger partial charge is 0.507 e. The molecule has 2 heterocycles. The lowest BCUT2D eigenvalue weighted by atomic mass is 9.94. The van der Waals surface area contributed by atoms with Crippen LogP contribution < -0.4 is 14.2 Å². The molecule has 1 saturated heterocycles. The lowest BCUT2D eigenvalue weighted by Crippen LogP contribution is -2.29. The number of carbonyl (C=O) groups is 2. The predicted octanol–water partition coefficient (Wildman–Crippen LogP) is 5.29. The standard InChI is InChI=1S/C30H32N2O6/c1-4-16-38-23-12-9-21(10-13-23)28(33)26-27(22-11-14-24(36-5-2)25(17-22)37-6-3)32(30(35)29(26)34)19-20-8-7-15-31-18-20/h7-15,17-18,27,33H,4-6,16,19H2,1-3H3. The second kappa shape index (κ2) is 12.3. The van der Waals surface area contributed by atoms with Crippen LogP contribution in [0.3, 0.4) is 0 Å². The van der Waals surface area contributed by atoms with Crippen molar-refractivity contribution in [3.8, 4) is 17.2 Å². The van der Waals surface area contributed by atoms with Crippen molar-refractivity contribution >= 4 is 17.4 Å². The van der Waals surface area contributed by atoms with Gasteiger partial charge >= 0.3 is 0 Å². The van der Waals surface area contributed by atoms with Gasteiger partial charge < -0.3 is 24.2 Å². The summed E-state index contributed by atoms with van der Waals surface area (Å²) in [6.45, 7) is 7.34. The molecule has 1 amide bonds. The number of aliphatic hydroxyl groups is 1. The van der Waals surface area contributed by atoms with Gasteiger partial charge in [0, 0.05) is 24.5 Å². The van der Waals surface area contributed by atoms with E-state index in [0.29, 0.717) is 48.2 Å². The van der Waals surface area contributed by atoms with Crippen LogP contribution in [0.25, 0.3) is 5.76 Å². The molecule has 3 aromatic rings. The number of hydrogen-bond acceptors (Lipinski definition) is 7. The molecule has 0 saturated carbocycles. The molecule has 0 radical (unpaired) electrons. The summed E-state index contributed by atoms with van der Waals surface area (Å²) >= 11 is 0. The number of nitrogens with zero attached hydrogens (tertiary/aromatic N) is 2. The Labute approximate surface area is 222 Å². The van der Waals surface area contributed by atoms with Crippen molar-refractivity contribution in [1.82, 2.24) is 9.88 Å². The second-order valence-corrected chi connectivity index (χ2v) is 8.73. The van der Waals surface area contributed by atoms with Crippen molar-refractivity contribution in [2.75, 3.05) is 19.8 Å². The SMILES string of the molecule is CCCOc1ccc(C(O)=C2C(=O)C(=O)N(Cc3cccnc3)C2c2ccc(OCC)c(OCC)c2)cc1. The topological polar surface area (TPSA) is 98.2 Å². The van der Waals surface area contributed by atoms with Gasteiger partial charge in [-0.1, -0.05) is 19.1 Å². The van der Waals surface area contributed by atoms with Crippen molar-refractivity contribution < 1.29 is 28.9 Å². The molecule has 1 atom stereocenters. The second-order valence-electron chi connectivity index (χ2n) is 8.73. The number of ketones is 1. The number of ether oxygens (including phenoxy) is 3. The number of amides is 1. The zero-order chi connectivity index (χ0) is 27.1. The number of aromatic nitrogens is 1. The van der Waals surface area contributed by atoms with Crippen LogP contribution in [0.1, 0.15) is 49.9 Å². The Hall–Kier alpha value is -4.33. The minimum atomic E-state index is -0.846. The van der Waals surface area contributed by atoms with E-state index in [-0.39, 0.29) is 17.9 Å². The van der Waals surface area contributed by atoms with Crippen LogP contribution in [0.15, 0.2) is 72.6 Å². The molecule has 0 spiro atoms. The number of carbonyl (C=O) groups excluding carboxylic acids is 2. The fourth-order valence-electron chi connectivity index (χ4n) is 4.40. The van der Waals surface area contributed by atoms with Gasteiger partial charge in [-0.2, -0.15) is 0 Å². The summed E-state index contributed by atoms with van der Waals surface area (Å²) in [4.78, 5) is 32.3. The lowest BCUT2D eigenvalue weighted by molar-refractivity contribution is -0.140. The summed E-state index contributed by atoms with van der Waals surface area (Å²) in [5.74, 6) is 0.00619. The van der Waals surface area contributed by atoms with Crippen molar-refractivity contribution in [1.29, 1.82) is 0 Å². The number of benzene rings is 2. The summed E-state index contributed by atoms with van der Waals surface area (Å²) < 4.78 is 17.1. The summed E-state index contributed by atoms with van der Waals surface area (Å²) in [5, 5.41) is 11.4. The van der Waals surface area contributed by atoms with Gasteiger partial charge in [0.05, 0.1) is 31.4 Å². The highest BCUT2D eigenvalue weighted by Gasteiger charge is 2.46. The first kappa shape index (κ1) is 26.7. The summed E-state index contributed by atoms with van der Waals surface area (Å²) in [7, 11) is 0. The Morgan fingerprint density at radius 1 is 0.947 bits per heavy atom. The fourth-order valence-corrected chi connectivity index (χ4v) is 4.40. The maximum atomic E-state index is 13.4. The molecule has 1 N–H and O–H groups in total. The molecule has 1 aliphatic heterocycles. The van der Waals surface area contributed by atoms with Crippen LogP contribution in [0, 0.1) is 0 Å². The molecule has 8 nitrogen and oxygen atoms in total. The Kier molecular flexibility index (Phi) is 8.63. The van der Waals surface area contributed by atoms with E-state index in [9.17, 15) is 14.7 Å². The quantitative estimate of drug-likeness (QED) is 0.210. The summed E-state index contributed by atoms with van der Waals surface area (Å²) in [5.41, 5.74) is 1.79. The third kappa shape index (κ3) is 5.64. The van der Waals surface area contributed by atoms with Gasteiger partial charge in [-0.25, -0.2) is 0 Å². The zero-order valence-corrected chi connectivity index (χ0v) is 21.8. The molecule has 1 aliphatic rings. The molecule has 198 valence electrons. The monoisotopic (exact) mass is 516 g/mol. The number of Topliss-reactive ketones (excluding diaryl/α,β-unsaturated/α-hetero) is 1. The molecule has 1 fully saturated rings. The van der Waals surface area contributed by atoms with Gasteiger partial charge in [0.15, 0.2) is 11.5 Å². The number of likely N-dealkylation sites (tertiary alicyclic amines) is 1. The van der Waals surface area contributed by atoms with Crippen LogP contribution in [0.5, 0.6) is 17.2 Å². The first-order valence-electron chi connectivity index (χ1n) is 12.8. The number of hydrogen-bond donors (Lipinski definition) is 1. The van der Waals surface area contributed by atoms with Crippen molar-refractivity contribution in [3.05, 3.63) is 89.3 Å². The van der Waals surface area contributed by atoms with E-state index in [1.807, 2.05) is 26.8 Å². The molecule has 0 bridgehead atoms. The number of pyridine rings is 1. The average Bonchev–Trinajstić information content (AvgIpc) is 3.18. The maximum Gasteiger partial charge on any atom is 0.295 e. The predicted molar refractivity (Wildman–Crippen MR) is 143 cm³/mol. The Morgan fingerprint density at radius 2 is 1.68 bits per heavy atom. The zero-order valence-electron chi connectivity index (χ0n) is 21.8. The average molecular weight is 517 g/mol. The third-order valence-corrected chi connectivity index (χ3v) is 6.10. The van der Waals surface area contributed by atoms with Gasteiger partial charge in [0.1, 0.15) is 11.5 Å². The third-order valence-electron chi connectivity index (χ3n) is 6.10. The van der Waals surface area contributed by atoms with Crippen molar-refractivity contribution in [3.63, 3.8) is 0 Å². The van der Waals surface area contributed by atoms with Gasteiger partial charge in [-0.3, -0.25) is 14.6 Å². The Morgan fingerprint density at radius 3 is 2.34 bits per heavy atom. The number of aliphatic hydroxyl groups excluding tert-OH is 1. The van der Waals surface area contributed by atoms with E-state index < -0.39 is 17.7 Å². The Bertz CT molecular complexity index is 1300. The summed E-state index contributed by atoms with van der Waals surface area (Å²) in [6, 6.07) is 14.9. The van der Waals surface area contributed by atoms with Gasteiger partial charge in [0.2, 0.25) is 0 Å². The van der Waals surface area contributed by atoms with Crippen LogP contribution in [-0.2, 0) is 16.1 Å². The molecule has 1 aromatic heterocycles. The van der Waals surface area contributed by atoms with E-state index >= 15 is 0 Å². The summed E-state index contributed by atoms with van der Waals surface area (Å²) in [6.07, 6.45) is 4.16. The van der Waals surface area contributed by atoms with Crippen LogP contribution in [0.4, 0.5) is 0 Å². The van der Waals surface area contributed by atoms with Gasteiger partial charge in [-0.05, 0) is 73.9 Å². The van der Waals surface area contributed by atoms with Crippen molar-refractivity contribution in [2.45, 2.75) is 39.8 Å². The molecule has 4 rings (SSSR count). The minimum Gasteiger partial charge on any atom is -0.507 e. The number of rotatable bonds is 11. The first-order valence-corrected chi connectivity index (χ1v) is 12.8. The highest BCUT2D eigenvalue weighted by Crippen LogP contribution is 2.42. The molecular formula is C30H32N2O6. The van der Waals surface area contributed by atoms with E-state index in [1.54, 1.807) is 60.9 Å². The smallest absolute Gasteiger partial charge is 0.295 e. The Balaban J connectivity index is 1.82. The van der Waals surface area contributed by atoms with E-state index in [4.69, 9.17) is 14.2 Å². The van der Waals surface area contributed by atoms with E-state index in [0.717, 1.165) is 12.0 Å². The van der Waals surface area contributed by atoms with Crippen molar-refractivity contribution in [2.24, 2.45) is 0 Å². The highest BCUT2D eigenvalue weighted by molar-refractivity contribution is 6.46. The fraction of sp³-hybridized carbons (Fsp3) is 0.300. The van der Waals surface area contributed by atoms with Crippen LogP contribution >= 0.6 is 0 Å². The molecule has 2 aromatic carbocycles. The lowest BCUT2D eigenvalue weighted by Gasteiger charge is -2.26. The minimum absolute atomic E-state index is 0.00715. The van der Waals surface area contributed by atoms with Crippen LogP contribution in [0.2, 0.25) is 0 Å². The molecule has 38 heavy (non-hydrogen) atoms. The van der Waals surface area contributed by atoms with E-state index in [2.05, 4.69) is 4.98 Å². The molecule has 8 heteroatoms. The first-order chi connectivity index (χ1) is 18.5. The molecule has 0 aliphatic carbocycles. The highest BCUT2D eigenvalue weighted by atomic mass is 16.5. The van der Waals surface area contributed by atoms with Gasteiger partial charge in [0.25, 0.3) is 11.7 Å². The normalized spacial score (nSPS) is 16.5. The van der Waals surface area contributed by atoms with E-state index in [1.165, 1.54) is 4.90 Å². The maximum absolute atomic E-state index is 13.4. The molecule has 1 unspecified atom stereocenters. The van der Waals surface area contributed by atoms with Gasteiger partial charge in [-0.15, -0.1) is 0 Å². The van der Waals surface area contributed by atoms with Crippen LogP contribution in [-0.4, -0.2) is 46.5 Å².